The van der Waals surface area contributed by atoms with E-state index in [1.807, 2.05) is 0 Å². The number of halogens is 3. The summed E-state index contributed by atoms with van der Waals surface area (Å²) in [6, 6.07) is 4.52. The topological polar surface area (TPSA) is 57.6 Å². The number of amides is 1. The molecular formula is C15H18F3NO3. The van der Waals surface area contributed by atoms with E-state index in [0.717, 1.165) is 17.0 Å². The molecular weight excluding hydrogens is 299 g/mol. The van der Waals surface area contributed by atoms with Gasteiger partial charge in [-0.25, -0.2) is 0 Å². The van der Waals surface area contributed by atoms with Crippen molar-refractivity contribution in [1.29, 1.82) is 0 Å². The molecule has 4 nitrogen and oxygen atoms in total. The first kappa shape index (κ1) is 18.0. The molecule has 0 atom stereocenters. The Balaban J connectivity index is 3.17. The zero-order chi connectivity index (χ0) is 17.1. The Kier molecular flexibility index (Phi) is 5.22. The average Bonchev–Trinajstić information content (AvgIpc) is 2.43. The highest BCUT2D eigenvalue weighted by Crippen LogP contribution is 2.33. The summed E-state index contributed by atoms with van der Waals surface area (Å²) in [6.45, 7) is 4.25. The average molecular weight is 317 g/mol. The van der Waals surface area contributed by atoms with Gasteiger partial charge >= 0.3 is 12.1 Å². The molecule has 0 saturated carbocycles. The second-order valence-electron chi connectivity index (χ2n) is 5.42. The lowest BCUT2D eigenvalue weighted by atomic mass is 9.82. The number of rotatable bonds is 5. The third kappa shape index (κ3) is 3.99. The number of carbonyl (C=O) groups is 2. The Labute approximate surface area is 126 Å². The van der Waals surface area contributed by atoms with E-state index in [9.17, 15) is 22.8 Å². The van der Waals surface area contributed by atoms with Gasteiger partial charge in [0.15, 0.2) is 0 Å². The van der Waals surface area contributed by atoms with E-state index in [2.05, 4.69) is 0 Å². The fraction of sp³-hybridized carbons (Fsp3) is 0.467. The number of benzene rings is 1. The Morgan fingerprint density at radius 3 is 2.18 bits per heavy atom. The van der Waals surface area contributed by atoms with Crippen molar-refractivity contribution >= 4 is 11.9 Å². The molecule has 0 aliphatic carbocycles. The summed E-state index contributed by atoms with van der Waals surface area (Å²) in [4.78, 5) is 24.4. The molecule has 1 amide bonds. The fourth-order valence-corrected chi connectivity index (χ4v) is 2.09. The molecule has 22 heavy (non-hydrogen) atoms. The van der Waals surface area contributed by atoms with Crippen LogP contribution in [0.25, 0.3) is 0 Å². The normalized spacial score (nSPS) is 12.1. The predicted molar refractivity (Wildman–Crippen MR) is 74.4 cm³/mol. The number of carboxylic acids is 1. The molecule has 1 aromatic rings. The fourth-order valence-electron chi connectivity index (χ4n) is 2.09. The number of carbonyl (C=O) groups excluding carboxylic acids is 1. The van der Waals surface area contributed by atoms with Gasteiger partial charge in [0.1, 0.15) is 6.54 Å². The van der Waals surface area contributed by atoms with Gasteiger partial charge in [0, 0.05) is 6.54 Å². The lowest BCUT2D eigenvalue weighted by Gasteiger charge is -2.31. The number of alkyl halides is 3. The first-order valence-corrected chi connectivity index (χ1v) is 6.69. The van der Waals surface area contributed by atoms with E-state index in [-0.39, 0.29) is 12.1 Å². The minimum absolute atomic E-state index is 0.160. The quantitative estimate of drug-likeness (QED) is 0.908. The van der Waals surface area contributed by atoms with E-state index in [1.165, 1.54) is 26.0 Å². The Bertz CT molecular complexity index is 567. The van der Waals surface area contributed by atoms with E-state index in [1.54, 1.807) is 6.92 Å². The molecule has 1 rings (SSSR count). The molecule has 0 bridgehead atoms. The Morgan fingerprint density at radius 1 is 1.18 bits per heavy atom. The zero-order valence-electron chi connectivity index (χ0n) is 12.6. The van der Waals surface area contributed by atoms with Gasteiger partial charge in [0.25, 0.3) is 0 Å². The van der Waals surface area contributed by atoms with Gasteiger partial charge in [0.05, 0.1) is 11.0 Å². The van der Waals surface area contributed by atoms with Crippen molar-refractivity contribution in [1.82, 2.24) is 4.90 Å². The van der Waals surface area contributed by atoms with Crippen LogP contribution < -0.4 is 0 Å². The van der Waals surface area contributed by atoms with Crippen LogP contribution in [-0.2, 0) is 21.2 Å². The Hall–Kier alpha value is -2.05. The van der Waals surface area contributed by atoms with Crippen LogP contribution in [0.5, 0.6) is 0 Å². The summed E-state index contributed by atoms with van der Waals surface area (Å²) in [5.41, 5.74) is -1.91. The van der Waals surface area contributed by atoms with E-state index < -0.39 is 35.6 Å². The van der Waals surface area contributed by atoms with Crippen molar-refractivity contribution in [3.8, 4) is 0 Å². The van der Waals surface area contributed by atoms with Gasteiger partial charge in [-0.05, 0) is 32.4 Å². The van der Waals surface area contributed by atoms with Crippen LogP contribution in [0.1, 0.15) is 31.9 Å². The molecule has 122 valence electrons. The highest BCUT2D eigenvalue weighted by Gasteiger charge is 2.37. The zero-order valence-corrected chi connectivity index (χ0v) is 12.6. The molecule has 0 fully saturated rings. The Morgan fingerprint density at radius 2 is 1.73 bits per heavy atom. The number of nitrogens with zero attached hydrogens (tertiary/aromatic N) is 1. The van der Waals surface area contributed by atoms with Gasteiger partial charge in [-0.1, -0.05) is 18.2 Å². The number of carboxylic acid groups (broad SMARTS) is 1. The van der Waals surface area contributed by atoms with Crippen LogP contribution in [0, 0.1) is 0 Å². The second kappa shape index (κ2) is 6.37. The first-order valence-electron chi connectivity index (χ1n) is 6.69. The van der Waals surface area contributed by atoms with Crippen molar-refractivity contribution in [2.75, 3.05) is 13.1 Å². The molecule has 7 heteroatoms. The van der Waals surface area contributed by atoms with Crippen LogP contribution in [0.15, 0.2) is 24.3 Å². The minimum Gasteiger partial charge on any atom is -0.480 e. The van der Waals surface area contributed by atoms with Crippen molar-refractivity contribution in [2.24, 2.45) is 0 Å². The van der Waals surface area contributed by atoms with Crippen molar-refractivity contribution < 1.29 is 27.9 Å². The van der Waals surface area contributed by atoms with E-state index in [0.29, 0.717) is 0 Å². The summed E-state index contributed by atoms with van der Waals surface area (Å²) >= 11 is 0. The van der Waals surface area contributed by atoms with E-state index in [4.69, 9.17) is 5.11 Å². The molecule has 0 spiro atoms. The third-order valence-electron chi connectivity index (χ3n) is 3.44. The monoisotopic (exact) mass is 317 g/mol. The maximum absolute atomic E-state index is 12.8. The molecule has 0 aromatic heterocycles. The van der Waals surface area contributed by atoms with Crippen LogP contribution in [0.2, 0.25) is 0 Å². The van der Waals surface area contributed by atoms with Gasteiger partial charge in [-0.3, -0.25) is 9.59 Å². The standard InChI is InChI=1S/C15H18F3NO3/c1-4-19(9-12(20)21)13(22)14(2,3)10-6-5-7-11(8-10)15(16,17)18/h5-8H,4,9H2,1-3H3,(H,20,21). The lowest BCUT2D eigenvalue weighted by Crippen LogP contribution is -2.45. The van der Waals surface area contributed by atoms with Gasteiger partial charge in [0.2, 0.25) is 5.91 Å². The highest BCUT2D eigenvalue weighted by atomic mass is 19.4. The maximum Gasteiger partial charge on any atom is 0.416 e. The molecule has 0 unspecified atom stereocenters. The molecule has 0 heterocycles. The summed E-state index contributed by atoms with van der Waals surface area (Å²) in [7, 11) is 0. The number of hydrogen-bond donors (Lipinski definition) is 1. The predicted octanol–water partition coefficient (Wildman–Crippen LogP) is 2.92. The molecule has 0 aliphatic rings. The number of likely N-dealkylation sites (N-methyl/N-ethyl adjacent to an activating group) is 1. The summed E-state index contributed by atoms with van der Waals surface area (Å²) in [6.07, 6.45) is -4.50. The molecule has 0 saturated heterocycles. The first-order chi connectivity index (χ1) is 10.00. The maximum atomic E-state index is 12.8. The minimum atomic E-state index is -4.50. The number of aliphatic carboxylic acids is 1. The van der Waals surface area contributed by atoms with Crippen molar-refractivity contribution in [3.05, 3.63) is 35.4 Å². The molecule has 0 radical (unpaired) electrons. The molecule has 1 N–H and O–H groups in total. The highest BCUT2D eigenvalue weighted by molar-refractivity contribution is 5.89. The van der Waals surface area contributed by atoms with Crippen LogP contribution in [-0.4, -0.2) is 35.0 Å². The second-order valence-corrected chi connectivity index (χ2v) is 5.42. The summed E-state index contributed by atoms with van der Waals surface area (Å²) < 4.78 is 38.3. The van der Waals surface area contributed by atoms with Crippen LogP contribution in [0.4, 0.5) is 13.2 Å². The summed E-state index contributed by atoms with van der Waals surface area (Å²) in [5, 5.41) is 8.81. The lowest BCUT2D eigenvalue weighted by molar-refractivity contribution is -0.146. The smallest absolute Gasteiger partial charge is 0.416 e. The largest absolute Gasteiger partial charge is 0.480 e. The van der Waals surface area contributed by atoms with Gasteiger partial charge in [-0.2, -0.15) is 13.2 Å². The van der Waals surface area contributed by atoms with Crippen LogP contribution in [0.3, 0.4) is 0 Å². The third-order valence-corrected chi connectivity index (χ3v) is 3.44. The molecule has 1 aromatic carbocycles. The van der Waals surface area contributed by atoms with Gasteiger partial charge in [-0.15, -0.1) is 0 Å². The number of hydrogen-bond acceptors (Lipinski definition) is 2. The SMILES string of the molecule is CCN(CC(=O)O)C(=O)C(C)(C)c1cccc(C(F)(F)F)c1. The molecule has 0 aliphatic heterocycles. The van der Waals surface area contributed by atoms with Crippen molar-refractivity contribution in [3.63, 3.8) is 0 Å². The van der Waals surface area contributed by atoms with Gasteiger partial charge < -0.3 is 10.0 Å². The van der Waals surface area contributed by atoms with E-state index >= 15 is 0 Å². The summed E-state index contributed by atoms with van der Waals surface area (Å²) in [5.74, 6) is -1.70. The van der Waals surface area contributed by atoms with Crippen molar-refractivity contribution in [2.45, 2.75) is 32.4 Å². The van der Waals surface area contributed by atoms with Crippen LogP contribution >= 0.6 is 0 Å².